The fourth-order valence-electron chi connectivity index (χ4n) is 2.39. The lowest BCUT2D eigenvalue weighted by atomic mass is 10.1. The van der Waals surface area contributed by atoms with Crippen molar-refractivity contribution in [1.82, 2.24) is 0 Å². The molecule has 0 fully saturated rings. The van der Waals surface area contributed by atoms with Gasteiger partial charge in [0.2, 0.25) is 0 Å². The third-order valence-corrected chi connectivity index (χ3v) is 3.46. The fraction of sp³-hybridized carbons (Fsp3) is 0. The van der Waals surface area contributed by atoms with Crippen LogP contribution in [0.4, 0.5) is 15.8 Å². The summed E-state index contributed by atoms with van der Waals surface area (Å²) in [6.45, 7) is 0. The fourth-order valence-corrected chi connectivity index (χ4v) is 2.39. The predicted octanol–water partition coefficient (Wildman–Crippen LogP) is 4.14. The number of carbonyl (C=O) groups is 1. The van der Waals surface area contributed by atoms with Crippen LogP contribution in [-0.2, 0) is 0 Å². The summed E-state index contributed by atoms with van der Waals surface area (Å²) in [4.78, 5) is 22.8. The summed E-state index contributed by atoms with van der Waals surface area (Å²) in [5.41, 5.74) is 0.249. The average Bonchev–Trinajstić information content (AvgIpc) is 2.55. The van der Waals surface area contributed by atoms with Crippen LogP contribution in [0.5, 0.6) is 0 Å². The molecule has 114 valence electrons. The van der Waals surface area contributed by atoms with Crippen LogP contribution in [0.3, 0.4) is 0 Å². The number of rotatable bonds is 3. The second-order valence-electron chi connectivity index (χ2n) is 4.87. The van der Waals surface area contributed by atoms with E-state index in [1.54, 1.807) is 30.3 Å². The van der Waals surface area contributed by atoms with Gasteiger partial charge in [-0.05, 0) is 24.3 Å². The van der Waals surface area contributed by atoms with Crippen molar-refractivity contribution in [3.8, 4) is 0 Å². The molecule has 0 saturated carbocycles. The predicted molar refractivity (Wildman–Crippen MR) is 85.0 cm³/mol. The van der Waals surface area contributed by atoms with Crippen molar-refractivity contribution < 1.29 is 14.1 Å². The van der Waals surface area contributed by atoms with E-state index in [9.17, 15) is 19.3 Å². The first-order valence-corrected chi connectivity index (χ1v) is 6.80. The molecule has 0 aromatic heterocycles. The van der Waals surface area contributed by atoms with Crippen LogP contribution in [0.15, 0.2) is 60.7 Å². The van der Waals surface area contributed by atoms with Gasteiger partial charge in [-0.1, -0.05) is 30.3 Å². The largest absolute Gasteiger partial charge is 0.321 e. The summed E-state index contributed by atoms with van der Waals surface area (Å²) in [7, 11) is 0. The molecule has 3 aromatic carbocycles. The van der Waals surface area contributed by atoms with E-state index in [4.69, 9.17) is 0 Å². The second kappa shape index (κ2) is 5.84. The maximum Gasteiger partial charge on any atom is 0.277 e. The van der Waals surface area contributed by atoms with E-state index in [-0.39, 0.29) is 11.3 Å². The maximum atomic E-state index is 13.7. The quantitative estimate of drug-likeness (QED) is 0.583. The molecule has 1 amide bonds. The molecular formula is C17H11FN2O3. The molecule has 23 heavy (non-hydrogen) atoms. The van der Waals surface area contributed by atoms with E-state index in [0.717, 1.165) is 0 Å². The number of benzene rings is 3. The van der Waals surface area contributed by atoms with Crippen molar-refractivity contribution in [1.29, 1.82) is 0 Å². The summed E-state index contributed by atoms with van der Waals surface area (Å²) >= 11 is 0. The van der Waals surface area contributed by atoms with Crippen molar-refractivity contribution >= 4 is 28.1 Å². The highest BCUT2D eigenvalue weighted by atomic mass is 19.1. The minimum atomic E-state index is -0.629. The average molecular weight is 310 g/mol. The first kappa shape index (κ1) is 14.6. The van der Waals surface area contributed by atoms with Crippen LogP contribution in [-0.4, -0.2) is 10.8 Å². The molecule has 0 aliphatic rings. The smallest absolute Gasteiger partial charge is 0.277 e. The number of amides is 1. The Morgan fingerprint density at radius 1 is 0.957 bits per heavy atom. The number of non-ortho nitro benzene ring substituents is 1. The highest BCUT2D eigenvalue weighted by Gasteiger charge is 2.16. The zero-order chi connectivity index (χ0) is 16.4. The van der Waals surface area contributed by atoms with Gasteiger partial charge in [0.25, 0.3) is 11.6 Å². The van der Waals surface area contributed by atoms with Gasteiger partial charge in [-0.15, -0.1) is 0 Å². The molecule has 0 spiro atoms. The second-order valence-corrected chi connectivity index (χ2v) is 4.87. The zero-order valence-electron chi connectivity index (χ0n) is 11.8. The number of nitro benzene ring substituents is 1. The maximum absolute atomic E-state index is 13.7. The lowest BCUT2D eigenvalue weighted by molar-refractivity contribution is -0.383. The Hall–Kier alpha value is -3.28. The molecule has 0 aliphatic heterocycles. The number of nitro groups is 1. The molecule has 3 aromatic rings. The van der Waals surface area contributed by atoms with Crippen molar-refractivity contribution in [3.05, 3.63) is 82.2 Å². The van der Waals surface area contributed by atoms with Gasteiger partial charge in [-0.2, -0.15) is 0 Å². The number of fused-ring (bicyclic) bond motifs is 1. The summed E-state index contributed by atoms with van der Waals surface area (Å²) in [5.74, 6) is -1.24. The monoisotopic (exact) mass is 310 g/mol. The molecule has 0 bridgehead atoms. The molecule has 0 radical (unpaired) electrons. The third kappa shape index (κ3) is 2.74. The van der Waals surface area contributed by atoms with Gasteiger partial charge < -0.3 is 5.32 Å². The van der Waals surface area contributed by atoms with Gasteiger partial charge in [0.15, 0.2) is 0 Å². The number of carbonyl (C=O) groups excluding carboxylic acids is 1. The zero-order valence-corrected chi connectivity index (χ0v) is 11.8. The Labute approximate surface area is 130 Å². The normalized spacial score (nSPS) is 10.5. The van der Waals surface area contributed by atoms with Crippen LogP contribution in [0.2, 0.25) is 0 Å². The van der Waals surface area contributed by atoms with E-state index >= 15 is 0 Å². The van der Waals surface area contributed by atoms with Crippen molar-refractivity contribution in [2.45, 2.75) is 0 Å². The number of halogens is 1. The van der Waals surface area contributed by atoms with Crippen LogP contribution < -0.4 is 5.32 Å². The lowest BCUT2D eigenvalue weighted by Gasteiger charge is -2.09. The Kier molecular flexibility index (Phi) is 3.72. The van der Waals surface area contributed by atoms with Gasteiger partial charge in [0.05, 0.1) is 15.9 Å². The molecule has 0 heterocycles. The van der Waals surface area contributed by atoms with Gasteiger partial charge >= 0.3 is 0 Å². The summed E-state index contributed by atoms with van der Waals surface area (Å²) in [6, 6.07) is 15.0. The third-order valence-electron chi connectivity index (χ3n) is 3.46. The molecule has 0 aliphatic carbocycles. The van der Waals surface area contributed by atoms with Crippen LogP contribution in [0, 0.1) is 15.9 Å². The molecule has 0 atom stereocenters. The molecule has 0 unspecified atom stereocenters. The van der Waals surface area contributed by atoms with Gasteiger partial charge in [-0.25, -0.2) is 4.39 Å². The van der Waals surface area contributed by atoms with E-state index < -0.39 is 16.6 Å². The van der Waals surface area contributed by atoms with Gasteiger partial charge in [0, 0.05) is 17.1 Å². The van der Waals surface area contributed by atoms with Gasteiger partial charge in [-0.3, -0.25) is 14.9 Å². The molecular weight excluding hydrogens is 299 g/mol. The number of hydrogen-bond acceptors (Lipinski definition) is 3. The van der Waals surface area contributed by atoms with Crippen molar-refractivity contribution in [2.75, 3.05) is 5.32 Å². The van der Waals surface area contributed by atoms with Crippen molar-refractivity contribution in [2.24, 2.45) is 0 Å². The number of hydrogen-bond donors (Lipinski definition) is 1. The molecule has 3 rings (SSSR count). The lowest BCUT2D eigenvalue weighted by Crippen LogP contribution is -2.14. The number of anilines is 1. The molecule has 0 saturated heterocycles. The summed E-state index contributed by atoms with van der Waals surface area (Å²) < 4.78 is 13.7. The summed E-state index contributed by atoms with van der Waals surface area (Å²) in [6.07, 6.45) is 0. The topological polar surface area (TPSA) is 72.2 Å². The first-order chi connectivity index (χ1) is 11.1. The molecule has 1 N–H and O–H groups in total. The Balaban J connectivity index is 2.05. The minimum Gasteiger partial charge on any atom is -0.321 e. The number of nitrogens with zero attached hydrogens (tertiary/aromatic N) is 1. The van der Waals surface area contributed by atoms with E-state index in [1.807, 2.05) is 0 Å². The van der Waals surface area contributed by atoms with Crippen LogP contribution in [0.25, 0.3) is 10.8 Å². The number of nitrogens with one attached hydrogen (secondary N) is 1. The summed E-state index contributed by atoms with van der Waals surface area (Å²) in [5, 5.41) is 14.6. The van der Waals surface area contributed by atoms with E-state index in [0.29, 0.717) is 16.5 Å². The van der Waals surface area contributed by atoms with Crippen LogP contribution >= 0.6 is 0 Å². The standard InChI is InChI=1S/C17H11FN2O3/c18-14-8-4-3-7-13(14)17(21)19-15-9-10-16(20(22)23)12-6-2-1-5-11(12)15/h1-10H,(H,19,21). The SMILES string of the molecule is O=C(Nc1ccc([N+](=O)[O-])c2ccccc12)c1ccccc1F. The van der Waals surface area contributed by atoms with E-state index in [1.165, 1.54) is 30.3 Å². The van der Waals surface area contributed by atoms with Crippen molar-refractivity contribution in [3.63, 3.8) is 0 Å². The Morgan fingerprint density at radius 2 is 1.61 bits per heavy atom. The Bertz CT molecular complexity index is 925. The molecule has 6 heteroatoms. The first-order valence-electron chi connectivity index (χ1n) is 6.80. The minimum absolute atomic E-state index is 0.0514. The molecule has 5 nitrogen and oxygen atoms in total. The Morgan fingerprint density at radius 3 is 2.30 bits per heavy atom. The highest BCUT2D eigenvalue weighted by Crippen LogP contribution is 2.31. The van der Waals surface area contributed by atoms with Crippen LogP contribution in [0.1, 0.15) is 10.4 Å². The van der Waals surface area contributed by atoms with Gasteiger partial charge in [0.1, 0.15) is 5.82 Å². The highest BCUT2D eigenvalue weighted by molar-refractivity contribution is 6.10. The van der Waals surface area contributed by atoms with E-state index in [2.05, 4.69) is 5.32 Å².